The topological polar surface area (TPSA) is 148 Å². The third-order valence-electron chi connectivity index (χ3n) is 5.57. The Morgan fingerprint density at radius 1 is 1.16 bits per heavy atom. The van der Waals surface area contributed by atoms with Crippen molar-refractivity contribution in [2.45, 2.75) is 65.0 Å². The maximum absolute atomic E-state index is 12.7. The van der Waals surface area contributed by atoms with Crippen molar-refractivity contribution in [2.75, 3.05) is 20.6 Å². The van der Waals surface area contributed by atoms with Crippen LogP contribution in [0.3, 0.4) is 0 Å². The van der Waals surface area contributed by atoms with E-state index >= 15 is 0 Å². The number of nitrogens with zero attached hydrogens (tertiary/aromatic N) is 2. The first-order chi connectivity index (χ1) is 17.7. The molecule has 0 radical (unpaired) electrons. The van der Waals surface area contributed by atoms with Crippen molar-refractivity contribution in [3.63, 3.8) is 0 Å². The number of amides is 1. The van der Waals surface area contributed by atoms with Crippen LogP contribution in [0.4, 0.5) is 4.39 Å². The van der Waals surface area contributed by atoms with Gasteiger partial charge in [0, 0.05) is 43.9 Å². The number of carbonyl (C=O) groups excluding carboxylic acids is 2. The van der Waals surface area contributed by atoms with Crippen molar-refractivity contribution < 1.29 is 14.0 Å². The van der Waals surface area contributed by atoms with Crippen LogP contribution in [0, 0.1) is 19.7 Å². The zero-order valence-electron chi connectivity index (χ0n) is 22.4. The number of carbonyl (C=O) groups is 2. The molecule has 1 aromatic carbocycles. The van der Waals surface area contributed by atoms with E-state index in [2.05, 4.69) is 26.1 Å². The summed E-state index contributed by atoms with van der Waals surface area (Å²) in [5.41, 5.74) is 17.1. The minimum atomic E-state index is -0.134. The molecule has 37 heavy (non-hydrogen) atoms. The van der Waals surface area contributed by atoms with Gasteiger partial charge in [0.1, 0.15) is 11.5 Å². The average Bonchev–Trinajstić information content (AvgIpc) is 2.88. The molecule has 0 bridgehead atoms. The Bertz CT molecular complexity index is 1010. The largest absolute Gasteiger partial charge is 0.382 e. The number of halogens is 1. The summed E-state index contributed by atoms with van der Waals surface area (Å²) in [6.45, 7) is 4.82. The van der Waals surface area contributed by atoms with Gasteiger partial charge in [-0.1, -0.05) is 31.4 Å². The van der Waals surface area contributed by atoms with Crippen molar-refractivity contribution in [1.82, 2.24) is 21.0 Å². The standard InChI is InChI=1S/C9H12FN.C9H12N4O.C9H18N2O/c1-7-5-8(6-11-2)3-4-9(7)10;1-6-3-7(9(10)13-11-2)4-8(5-14)12-6;10-7-6-9(12)11-8-4-2-1-3-5-8/h3-5,11H,6H2,1-2H3;3-5,11H,1-2H3,(H2,10,13);8H,1-7,10H2,(H,11,12). The van der Waals surface area contributed by atoms with Crippen LogP contribution < -0.4 is 27.5 Å². The summed E-state index contributed by atoms with van der Waals surface area (Å²) >= 11 is 0. The van der Waals surface area contributed by atoms with Gasteiger partial charge in [-0.15, -0.1) is 0 Å². The second kappa shape index (κ2) is 18.0. The Labute approximate surface area is 219 Å². The summed E-state index contributed by atoms with van der Waals surface area (Å²) < 4.78 is 12.7. The molecule has 1 saturated carbocycles. The van der Waals surface area contributed by atoms with E-state index in [0.29, 0.717) is 48.0 Å². The van der Waals surface area contributed by atoms with Gasteiger partial charge in [-0.25, -0.2) is 4.39 Å². The average molecular weight is 516 g/mol. The van der Waals surface area contributed by atoms with E-state index in [4.69, 9.17) is 11.5 Å². The summed E-state index contributed by atoms with van der Waals surface area (Å²) in [5.74, 6) is 0.315. The molecule has 2 aromatic rings. The van der Waals surface area contributed by atoms with Crippen molar-refractivity contribution in [2.24, 2.45) is 16.6 Å². The van der Waals surface area contributed by atoms with Crippen molar-refractivity contribution in [3.05, 3.63) is 64.2 Å². The first kappa shape index (κ1) is 31.7. The molecule has 3 rings (SSSR count). The van der Waals surface area contributed by atoms with Gasteiger partial charge in [-0.2, -0.15) is 5.10 Å². The fraction of sp³-hybridized carbons (Fsp3) is 0.481. The normalized spacial score (nSPS) is 13.4. The number of aryl methyl sites for hydroxylation is 2. The summed E-state index contributed by atoms with van der Waals surface area (Å²) in [6, 6.07) is 8.93. The first-order valence-corrected chi connectivity index (χ1v) is 12.6. The minimum absolute atomic E-state index is 0.115. The fourth-order valence-electron chi connectivity index (χ4n) is 3.79. The van der Waals surface area contributed by atoms with E-state index < -0.39 is 0 Å². The molecule has 1 aliphatic carbocycles. The zero-order valence-corrected chi connectivity index (χ0v) is 22.4. The van der Waals surface area contributed by atoms with Crippen LogP contribution >= 0.6 is 0 Å². The third-order valence-corrected chi connectivity index (χ3v) is 5.57. The smallest absolute Gasteiger partial charge is 0.221 e. The monoisotopic (exact) mass is 515 g/mol. The summed E-state index contributed by atoms with van der Waals surface area (Å²) in [4.78, 5) is 25.6. The second-order valence-electron chi connectivity index (χ2n) is 8.82. The Morgan fingerprint density at radius 2 is 1.86 bits per heavy atom. The van der Waals surface area contributed by atoms with Gasteiger partial charge in [-0.3, -0.25) is 14.6 Å². The van der Waals surface area contributed by atoms with E-state index in [1.54, 1.807) is 39.1 Å². The van der Waals surface area contributed by atoms with Gasteiger partial charge in [-0.05, 0) is 63.1 Å². The molecular formula is C27H42FN7O2. The molecule has 1 fully saturated rings. The predicted molar refractivity (Wildman–Crippen MR) is 147 cm³/mol. The third kappa shape index (κ3) is 12.9. The van der Waals surface area contributed by atoms with Crippen molar-refractivity contribution in [3.8, 4) is 0 Å². The molecule has 0 saturated heterocycles. The van der Waals surface area contributed by atoms with E-state index in [1.165, 1.54) is 25.3 Å². The Morgan fingerprint density at radius 3 is 2.43 bits per heavy atom. The lowest BCUT2D eigenvalue weighted by atomic mass is 9.95. The molecule has 0 unspecified atom stereocenters. The molecule has 7 N–H and O–H groups in total. The molecule has 1 aliphatic rings. The molecule has 0 aliphatic heterocycles. The summed E-state index contributed by atoms with van der Waals surface area (Å²) in [7, 11) is 3.53. The lowest BCUT2D eigenvalue weighted by Crippen LogP contribution is -2.36. The number of aromatic nitrogens is 1. The number of rotatable bonds is 8. The van der Waals surface area contributed by atoms with Crippen LogP contribution in [-0.4, -0.2) is 49.7 Å². The van der Waals surface area contributed by atoms with Crippen LogP contribution in [0.2, 0.25) is 0 Å². The first-order valence-electron chi connectivity index (χ1n) is 12.6. The lowest BCUT2D eigenvalue weighted by Gasteiger charge is -2.22. The highest BCUT2D eigenvalue weighted by Gasteiger charge is 2.14. The molecule has 204 valence electrons. The van der Waals surface area contributed by atoms with Gasteiger partial charge in [0.25, 0.3) is 0 Å². The van der Waals surface area contributed by atoms with Crippen LogP contribution in [0.5, 0.6) is 0 Å². The fourth-order valence-corrected chi connectivity index (χ4v) is 3.79. The molecule has 1 heterocycles. The van der Waals surface area contributed by atoms with Gasteiger partial charge >= 0.3 is 0 Å². The van der Waals surface area contributed by atoms with Crippen molar-refractivity contribution >= 4 is 18.0 Å². The maximum atomic E-state index is 12.7. The van der Waals surface area contributed by atoms with Gasteiger partial charge in [0.05, 0.1) is 0 Å². The SMILES string of the molecule is CN/N=C(\N)c1cc(C)nc(C=O)c1.CNCc1ccc(F)c(C)c1.NCCC(=O)NC1CCCCC1. The number of pyridine rings is 1. The number of aldehydes is 1. The number of benzene rings is 1. The quantitative estimate of drug-likeness (QED) is 0.157. The number of amidine groups is 1. The minimum Gasteiger partial charge on any atom is -0.382 e. The lowest BCUT2D eigenvalue weighted by molar-refractivity contribution is -0.121. The zero-order chi connectivity index (χ0) is 27.6. The Hall–Kier alpha value is -3.37. The molecule has 0 atom stereocenters. The molecule has 9 nitrogen and oxygen atoms in total. The van der Waals surface area contributed by atoms with E-state index in [9.17, 15) is 14.0 Å². The van der Waals surface area contributed by atoms with Crippen molar-refractivity contribution in [1.29, 1.82) is 0 Å². The number of nitrogens with two attached hydrogens (primary N) is 2. The Balaban J connectivity index is 0.000000280. The number of hydrogen-bond donors (Lipinski definition) is 5. The highest BCUT2D eigenvalue weighted by Crippen LogP contribution is 2.17. The molecule has 1 amide bonds. The number of hydrogen-bond acceptors (Lipinski definition) is 7. The van der Waals surface area contributed by atoms with Crippen LogP contribution in [0.1, 0.15) is 71.4 Å². The second-order valence-corrected chi connectivity index (χ2v) is 8.82. The van der Waals surface area contributed by atoms with Gasteiger partial charge < -0.3 is 27.5 Å². The molecular weight excluding hydrogens is 473 g/mol. The summed E-state index contributed by atoms with van der Waals surface area (Å²) in [6.07, 6.45) is 7.29. The highest BCUT2D eigenvalue weighted by atomic mass is 19.1. The van der Waals surface area contributed by atoms with E-state index in [0.717, 1.165) is 30.6 Å². The Kier molecular flexibility index (Phi) is 15.4. The van der Waals surface area contributed by atoms with Crippen LogP contribution in [-0.2, 0) is 11.3 Å². The maximum Gasteiger partial charge on any atom is 0.221 e. The van der Waals surface area contributed by atoms with Crippen LogP contribution in [0.25, 0.3) is 0 Å². The molecule has 10 heteroatoms. The van der Waals surface area contributed by atoms with E-state index in [1.807, 2.05) is 13.1 Å². The van der Waals surface area contributed by atoms with E-state index in [-0.39, 0.29) is 11.7 Å². The van der Waals surface area contributed by atoms with Gasteiger partial charge in [0.15, 0.2) is 12.1 Å². The van der Waals surface area contributed by atoms with Crippen LogP contribution in [0.15, 0.2) is 35.4 Å². The molecule has 0 spiro atoms. The highest BCUT2D eigenvalue weighted by molar-refractivity contribution is 5.98. The summed E-state index contributed by atoms with van der Waals surface area (Å²) in [5, 5.41) is 9.82. The predicted octanol–water partition coefficient (Wildman–Crippen LogP) is 2.68. The van der Waals surface area contributed by atoms with Gasteiger partial charge in [0.2, 0.25) is 5.91 Å². The number of hydrazone groups is 1. The number of nitrogens with one attached hydrogen (secondary N) is 3. The molecule has 1 aromatic heterocycles.